The summed E-state index contributed by atoms with van der Waals surface area (Å²) in [6, 6.07) is 15.0. The minimum atomic E-state index is -3.64. The summed E-state index contributed by atoms with van der Waals surface area (Å²) in [7, 11) is -1.90. The highest BCUT2D eigenvalue weighted by Crippen LogP contribution is 2.22. The first-order chi connectivity index (χ1) is 14.8. The van der Waals surface area contributed by atoms with Crippen molar-refractivity contribution in [3.05, 3.63) is 76.2 Å². The van der Waals surface area contributed by atoms with Crippen molar-refractivity contribution < 1.29 is 13.2 Å². The number of sulfonamides is 1. The summed E-state index contributed by atoms with van der Waals surface area (Å²) in [5.74, 6) is -0.538. The third-order valence-corrected chi connectivity index (χ3v) is 7.49. The second-order valence-corrected chi connectivity index (χ2v) is 9.47. The van der Waals surface area contributed by atoms with Crippen LogP contribution in [0.25, 0.3) is 5.69 Å². The summed E-state index contributed by atoms with van der Waals surface area (Å²) >= 11 is 0. The standard InChI is InChI=1S/C22H24N4O4S/c1-16-20(22(28)26(24(16)2)18-10-4-3-5-11-18)23-21(27)17-9-8-12-19(15-17)31(29,30)25-13-6-7-14-25/h3-5,8-12,15H,6-7,13-14H2,1-2H3,(H,23,27). The molecule has 2 aromatic carbocycles. The number of para-hydroxylation sites is 1. The van der Waals surface area contributed by atoms with E-state index in [1.807, 2.05) is 18.2 Å². The van der Waals surface area contributed by atoms with Crippen molar-refractivity contribution in [2.45, 2.75) is 24.7 Å². The van der Waals surface area contributed by atoms with E-state index in [2.05, 4.69) is 5.32 Å². The number of nitrogens with zero attached hydrogens (tertiary/aromatic N) is 3. The van der Waals surface area contributed by atoms with Gasteiger partial charge in [0.1, 0.15) is 5.69 Å². The van der Waals surface area contributed by atoms with Crippen LogP contribution in [0.4, 0.5) is 5.69 Å². The van der Waals surface area contributed by atoms with Gasteiger partial charge in [0.25, 0.3) is 11.5 Å². The maximum Gasteiger partial charge on any atom is 0.295 e. The molecule has 1 amide bonds. The number of anilines is 1. The van der Waals surface area contributed by atoms with Crippen LogP contribution in [0.3, 0.4) is 0 Å². The van der Waals surface area contributed by atoms with E-state index in [-0.39, 0.29) is 21.7 Å². The molecule has 0 atom stereocenters. The topological polar surface area (TPSA) is 93.4 Å². The number of aromatic nitrogens is 2. The first kappa shape index (κ1) is 21.1. The maximum atomic E-state index is 13.0. The molecule has 162 valence electrons. The molecule has 31 heavy (non-hydrogen) atoms. The van der Waals surface area contributed by atoms with Crippen LogP contribution in [-0.2, 0) is 17.1 Å². The van der Waals surface area contributed by atoms with Crippen LogP contribution >= 0.6 is 0 Å². The van der Waals surface area contributed by atoms with Gasteiger partial charge in [0, 0.05) is 25.7 Å². The Morgan fingerprint density at radius 2 is 1.68 bits per heavy atom. The van der Waals surface area contributed by atoms with E-state index in [0.29, 0.717) is 24.5 Å². The number of hydrogen-bond acceptors (Lipinski definition) is 4. The van der Waals surface area contributed by atoms with Crippen molar-refractivity contribution in [2.75, 3.05) is 18.4 Å². The number of carbonyl (C=O) groups excluding carboxylic acids is 1. The van der Waals surface area contributed by atoms with Crippen molar-refractivity contribution in [3.63, 3.8) is 0 Å². The average molecular weight is 441 g/mol. The SMILES string of the molecule is Cc1c(NC(=O)c2cccc(S(=O)(=O)N3CCCC3)c2)c(=O)n(-c2ccccc2)n1C. The van der Waals surface area contributed by atoms with Crippen LogP contribution in [0.15, 0.2) is 64.3 Å². The van der Waals surface area contributed by atoms with E-state index in [9.17, 15) is 18.0 Å². The van der Waals surface area contributed by atoms with Crippen molar-refractivity contribution in [2.24, 2.45) is 7.05 Å². The number of hydrogen-bond donors (Lipinski definition) is 1. The van der Waals surface area contributed by atoms with Gasteiger partial charge in [-0.25, -0.2) is 13.1 Å². The number of carbonyl (C=O) groups is 1. The molecular formula is C22H24N4O4S. The summed E-state index contributed by atoms with van der Waals surface area (Å²) in [5, 5.41) is 2.67. The Balaban J connectivity index is 1.65. The molecule has 1 fully saturated rings. The molecule has 1 aliphatic rings. The molecule has 2 heterocycles. The monoisotopic (exact) mass is 440 g/mol. The lowest BCUT2D eigenvalue weighted by Crippen LogP contribution is -2.28. The van der Waals surface area contributed by atoms with E-state index in [1.165, 1.54) is 33.3 Å². The van der Waals surface area contributed by atoms with Gasteiger partial charge in [0.05, 0.1) is 16.3 Å². The molecule has 0 radical (unpaired) electrons. The summed E-state index contributed by atoms with van der Waals surface area (Å²) in [6.07, 6.45) is 1.67. The fourth-order valence-corrected chi connectivity index (χ4v) is 5.34. The van der Waals surface area contributed by atoms with Gasteiger partial charge < -0.3 is 5.32 Å². The van der Waals surface area contributed by atoms with Gasteiger partial charge in [0.15, 0.2) is 0 Å². The van der Waals surface area contributed by atoms with Crippen LogP contribution in [0.1, 0.15) is 28.9 Å². The molecule has 0 saturated carbocycles. The predicted molar refractivity (Wildman–Crippen MR) is 118 cm³/mol. The summed E-state index contributed by atoms with van der Waals surface area (Å²) in [4.78, 5) is 26.0. The second-order valence-electron chi connectivity index (χ2n) is 7.53. The molecule has 3 aromatic rings. The third kappa shape index (κ3) is 3.82. The Kier molecular flexibility index (Phi) is 5.55. The van der Waals surface area contributed by atoms with Crippen LogP contribution in [0.2, 0.25) is 0 Å². The zero-order valence-electron chi connectivity index (χ0n) is 17.4. The van der Waals surface area contributed by atoms with E-state index in [4.69, 9.17) is 0 Å². The highest BCUT2D eigenvalue weighted by molar-refractivity contribution is 7.89. The number of benzene rings is 2. The normalized spacial score (nSPS) is 14.6. The van der Waals surface area contributed by atoms with Crippen molar-refractivity contribution in [1.82, 2.24) is 13.7 Å². The zero-order valence-corrected chi connectivity index (χ0v) is 18.2. The van der Waals surface area contributed by atoms with Crippen LogP contribution in [-0.4, -0.2) is 41.1 Å². The molecule has 0 bridgehead atoms. The molecule has 1 N–H and O–H groups in total. The Labute approximate surface area is 180 Å². The van der Waals surface area contributed by atoms with Crippen molar-refractivity contribution in [3.8, 4) is 5.69 Å². The van der Waals surface area contributed by atoms with E-state index in [1.54, 1.807) is 30.8 Å². The molecule has 9 heteroatoms. The molecule has 4 rings (SSSR count). The predicted octanol–water partition coefficient (Wildman–Crippen LogP) is 2.52. The molecular weight excluding hydrogens is 416 g/mol. The molecule has 1 aliphatic heterocycles. The highest BCUT2D eigenvalue weighted by atomic mass is 32.2. The molecule has 1 saturated heterocycles. The first-order valence-corrected chi connectivity index (χ1v) is 11.5. The average Bonchev–Trinajstić information content (AvgIpc) is 3.39. The van der Waals surface area contributed by atoms with Gasteiger partial charge in [-0.15, -0.1) is 0 Å². The Bertz CT molecular complexity index is 1290. The minimum absolute atomic E-state index is 0.0773. The van der Waals surface area contributed by atoms with Gasteiger partial charge in [-0.1, -0.05) is 24.3 Å². The summed E-state index contributed by atoms with van der Waals surface area (Å²) in [5.41, 5.74) is 1.24. The zero-order chi connectivity index (χ0) is 22.2. The van der Waals surface area contributed by atoms with Crippen LogP contribution in [0, 0.1) is 6.92 Å². The molecule has 0 spiro atoms. The van der Waals surface area contributed by atoms with Crippen molar-refractivity contribution in [1.29, 1.82) is 0 Å². The first-order valence-electron chi connectivity index (χ1n) is 10.1. The summed E-state index contributed by atoms with van der Waals surface area (Å²) in [6.45, 7) is 2.71. The van der Waals surface area contributed by atoms with Gasteiger partial charge in [0.2, 0.25) is 10.0 Å². The molecule has 1 aromatic heterocycles. The Hall–Kier alpha value is -3.17. The van der Waals surface area contributed by atoms with E-state index >= 15 is 0 Å². The minimum Gasteiger partial charge on any atom is -0.316 e. The Morgan fingerprint density at radius 3 is 2.35 bits per heavy atom. The lowest BCUT2D eigenvalue weighted by atomic mass is 10.2. The highest BCUT2D eigenvalue weighted by Gasteiger charge is 2.28. The molecule has 0 unspecified atom stereocenters. The Morgan fingerprint density at radius 1 is 1.00 bits per heavy atom. The number of rotatable bonds is 5. The quantitative estimate of drug-likeness (QED) is 0.660. The smallest absolute Gasteiger partial charge is 0.295 e. The van der Waals surface area contributed by atoms with Gasteiger partial charge >= 0.3 is 0 Å². The van der Waals surface area contributed by atoms with Gasteiger partial charge in [-0.2, -0.15) is 4.31 Å². The summed E-state index contributed by atoms with van der Waals surface area (Å²) < 4.78 is 30.2. The van der Waals surface area contributed by atoms with Gasteiger partial charge in [-0.05, 0) is 50.1 Å². The van der Waals surface area contributed by atoms with Crippen LogP contribution < -0.4 is 10.9 Å². The van der Waals surface area contributed by atoms with E-state index < -0.39 is 15.9 Å². The lowest BCUT2D eigenvalue weighted by molar-refractivity contribution is 0.102. The fraction of sp³-hybridized carbons (Fsp3) is 0.273. The second kappa shape index (κ2) is 8.16. The lowest BCUT2D eigenvalue weighted by Gasteiger charge is -2.16. The molecule has 8 nitrogen and oxygen atoms in total. The van der Waals surface area contributed by atoms with Crippen LogP contribution in [0.5, 0.6) is 0 Å². The third-order valence-electron chi connectivity index (χ3n) is 5.59. The largest absolute Gasteiger partial charge is 0.316 e. The number of nitrogens with one attached hydrogen (secondary N) is 1. The fourth-order valence-electron chi connectivity index (χ4n) is 3.77. The van der Waals surface area contributed by atoms with Crippen molar-refractivity contribution >= 4 is 21.6 Å². The molecule has 0 aliphatic carbocycles. The van der Waals surface area contributed by atoms with E-state index in [0.717, 1.165) is 12.8 Å². The number of amides is 1. The van der Waals surface area contributed by atoms with Gasteiger partial charge in [-0.3, -0.25) is 14.3 Å². The maximum absolute atomic E-state index is 13.0.